The van der Waals surface area contributed by atoms with Crippen LogP contribution in [0.3, 0.4) is 0 Å². The molecule has 0 aliphatic carbocycles. The number of thiazole rings is 1. The van der Waals surface area contributed by atoms with Gasteiger partial charge in [0.25, 0.3) is 0 Å². The largest absolute Gasteiger partial charge is 0.378 e. The molecule has 3 rings (SSSR count). The minimum absolute atomic E-state index is 0.813. The fourth-order valence-corrected chi connectivity index (χ4v) is 3.44. The van der Waals surface area contributed by atoms with Gasteiger partial charge >= 0.3 is 0 Å². The molecule has 90 valence electrons. The maximum absolute atomic E-state index is 5.37. The van der Waals surface area contributed by atoms with Gasteiger partial charge in [-0.1, -0.05) is 17.4 Å². The summed E-state index contributed by atoms with van der Waals surface area (Å²) in [7, 11) is 0. The molecule has 0 amide bonds. The molecule has 1 aromatic carbocycles. The average Bonchev–Trinajstić information content (AvgIpc) is 2.74. The van der Waals surface area contributed by atoms with Crippen LogP contribution in [0.5, 0.6) is 0 Å². The Morgan fingerprint density at radius 1 is 1.24 bits per heavy atom. The third-order valence-electron chi connectivity index (χ3n) is 3.10. The Labute approximate surface area is 105 Å². The van der Waals surface area contributed by atoms with Gasteiger partial charge in [-0.2, -0.15) is 0 Å². The highest BCUT2D eigenvalue weighted by Gasteiger charge is 2.16. The number of aromatic nitrogens is 1. The maximum atomic E-state index is 5.37. The lowest BCUT2D eigenvalue weighted by atomic mass is 10.1. The van der Waals surface area contributed by atoms with Gasteiger partial charge in [0, 0.05) is 13.1 Å². The molecule has 0 unspecified atom stereocenters. The summed E-state index contributed by atoms with van der Waals surface area (Å²) in [6, 6.07) is 4.43. The summed E-state index contributed by atoms with van der Waals surface area (Å²) in [5.41, 5.74) is 3.74. The number of morpholine rings is 1. The summed E-state index contributed by atoms with van der Waals surface area (Å²) in [5, 5.41) is 1.14. The van der Waals surface area contributed by atoms with Crippen molar-refractivity contribution in [3.05, 3.63) is 23.3 Å². The van der Waals surface area contributed by atoms with Crippen molar-refractivity contribution in [2.45, 2.75) is 13.8 Å². The molecule has 0 bridgehead atoms. The SMILES string of the molecule is Cc1cc(C)c2nc(N3CCOCC3)sc2c1. The van der Waals surface area contributed by atoms with Crippen molar-refractivity contribution in [1.82, 2.24) is 4.98 Å². The molecule has 17 heavy (non-hydrogen) atoms. The van der Waals surface area contributed by atoms with Crippen LogP contribution in [0.2, 0.25) is 0 Å². The van der Waals surface area contributed by atoms with E-state index in [0.29, 0.717) is 0 Å². The molecule has 0 atom stereocenters. The van der Waals surface area contributed by atoms with Crippen molar-refractivity contribution in [1.29, 1.82) is 0 Å². The summed E-state index contributed by atoms with van der Waals surface area (Å²) >= 11 is 1.79. The number of ether oxygens (including phenoxy) is 1. The number of benzene rings is 1. The molecule has 1 aromatic heterocycles. The van der Waals surface area contributed by atoms with Crippen molar-refractivity contribution < 1.29 is 4.74 Å². The molecule has 0 radical (unpaired) electrons. The second-order valence-corrected chi connectivity index (χ2v) is 5.53. The maximum Gasteiger partial charge on any atom is 0.186 e. The Morgan fingerprint density at radius 3 is 2.76 bits per heavy atom. The van der Waals surface area contributed by atoms with Gasteiger partial charge in [0.05, 0.1) is 23.4 Å². The Kier molecular flexibility index (Phi) is 2.76. The predicted molar refractivity (Wildman–Crippen MR) is 72.1 cm³/mol. The molecular formula is C13H16N2OS. The lowest BCUT2D eigenvalue weighted by Crippen LogP contribution is -2.36. The van der Waals surface area contributed by atoms with Crippen molar-refractivity contribution in [3.8, 4) is 0 Å². The first-order chi connectivity index (χ1) is 8.24. The van der Waals surface area contributed by atoms with Crippen LogP contribution in [0.25, 0.3) is 10.2 Å². The molecule has 3 nitrogen and oxygen atoms in total. The molecule has 1 aliphatic heterocycles. The van der Waals surface area contributed by atoms with Crippen LogP contribution in [0.15, 0.2) is 12.1 Å². The van der Waals surface area contributed by atoms with E-state index in [-0.39, 0.29) is 0 Å². The van der Waals surface area contributed by atoms with E-state index in [4.69, 9.17) is 9.72 Å². The van der Waals surface area contributed by atoms with E-state index in [1.807, 2.05) is 0 Å². The van der Waals surface area contributed by atoms with Gasteiger partial charge in [0.1, 0.15) is 0 Å². The first-order valence-electron chi connectivity index (χ1n) is 5.94. The topological polar surface area (TPSA) is 25.4 Å². The van der Waals surface area contributed by atoms with Crippen molar-refractivity contribution in [2.75, 3.05) is 31.2 Å². The van der Waals surface area contributed by atoms with Gasteiger partial charge in [0.15, 0.2) is 5.13 Å². The van der Waals surface area contributed by atoms with Gasteiger partial charge in [-0.3, -0.25) is 0 Å². The van der Waals surface area contributed by atoms with E-state index in [0.717, 1.165) is 37.0 Å². The summed E-state index contributed by atoms with van der Waals surface area (Å²) in [6.45, 7) is 7.82. The highest BCUT2D eigenvalue weighted by Crippen LogP contribution is 2.31. The molecular weight excluding hydrogens is 232 g/mol. The lowest BCUT2D eigenvalue weighted by molar-refractivity contribution is 0.122. The third kappa shape index (κ3) is 2.03. The number of nitrogens with zero attached hydrogens (tertiary/aromatic N) is 2. The van der Waals surface area contributed by atoms with Gasteiger partial charge in [-0.15, -0.1) is 0 Å². The Bertz CT molecular complexity index is 544. The lowest BCUT2D eigenvalue weighted by Gasteiger charge is -2.25. The fraction of sp³-hybridized carbons (Fsp3) is 0.462. The van der Waals surface area contributed by atoms with Crippen LogP contribution >= 0.6 is 11.3 Å². The molecule has 1 fully saturated rings. The molecule has 1 saturated heterocycles. The third-order valence-corrected chi connectivity index (χ3v) is 4.16. The van der Waals surface area contributed by atoms with Crippen molar-refractivity contribution in [3.63, 3.8) is 0 Å². The minimum Gasteiger partial charge on any atom is -0.378 e. The smallest absolute Gasteiger partial charge is 0.186 e. The number of rotatable bonds is 1. The average molecular weight is 248 g/mol. The first-order valence-corrected chi connectivity index (χ1v) is 6.76. The molecule has 2 aromatic rings. The normalized spacial score (nSPS) is 16.7. The van der Waals surface area contributed by atoms with E-state index in [9.17, 15) is 0 Å². The van der Waals surface area contributed by atoms with Crippen LogP contribution in [-0.2, 0) is 4.74 Å². The summed E-state index contributed by atoms with van der Waals surface area (Å²) < 4.78 is 6.67. The second kappa shape index (κ2) is 4.27. The summed E-state index contributed by atoms with van der Waals surface area (Å²) in [4.78, 5) is 7.09. The molecule has 0 spiro atoms. The fourth-order valence-electron chi connectivity index (χ4n) is 2.25. The van der Waals surface area contributed by atoms with Gasteiger partial charge in [-0.05, 0) is 31.0 Å². The second-order valence-electron chi connectivity index (χ2n) is 4.52. The molecule has 2 heterocycles. The number of hydrogen-bond donors (Lipinski definition) is 0. The van der Waals surface area contributed by atoms with Gasteiger partial charge in [-0.25, -0.2) is 4.98 Å². The minimum atomic E-state index is 0.813. The van der Waals surface area contributed by atoms with Gasteiger partial charge < -0.3 is 9.64 Å². The first kappa shape index (κ1) is 11.0. The highest BCUT2D eigenvalue weighted by atomic mass is 32.1. The zero-order valence-electron chi connectivity index (χ0n) is 10.2. The molecule has 0 saturated carbocycles. The Morgan fingerprint density at radius 2 is 2.00 bits per heavy atom. The Balaban J connectivity index is 2.03. The van der Waals surface area contributed by atoms with E-state index in [2.05, 4.69) is 30.9 Å². The van der Waals surface area contributed by atoms with Crippen LogP contribution in [0.1, 0.15) is 11.1 Å². The van der Waals surface area contributed by atoms with E-state index in [1.165, 1.54) is 15.8 Å². The van der Waals surface area contributed by atoms with Crippen LogP contribution < -0.4 is 4.90 Å². The number of hydrogen-bond acceptors (Lipinski definition) is 4. The van der Waals surface area contributed by atoms with Gasteiger partial charge in [0.2, 0.25) is 0 Å². The zero-order chi connectivity index (χ0) is 11.8. The van der Waals surface area contributed by atoms with Crippen LogP contribution in [-0.4, -0.2) is 31.3 Å². The zero-order valence-corrected chi connectivity index (χ0v) is 11.0. The van der Waals surface area contributed by atoms with E-state index in [1.54, 1.807) is 11.3 Å². The molecule has 1 aliphatic rings. The predicted octanol–water partition coefficient (Wildman–Crippen LogP) is 2.75. The number of anilines is 1. The Hall–Kier alpha value is -1.13. The molecule has 0 N–H and O–H groups in total. The van der Waals surface area contributed by atoms with E-state index < -0.39 is 0 Å². The molecule has 4 heteroatoms. The van der Waals surface area contributed by atoms with E-state index >= 15 is 0 Å². The number of aryl methyl sites for hydroxylation is 2. The van der Waals surface area contributed by atoms with Crippen molar-refractivity contribution >= 4 is 26.7 Å². The number of fused-ring (bicyclic) bond motifs is 1. The highest BCUT2D eigenvalue weighted by molar-refractivity contribution is 7.22. The standard InChI is InChI=1S/C13H16N2OS/c1-9-7-10(2)12-11(8-9)17-13(14-12)15-3-5-16-6-4-15/h7-8H,3-6H2,1-2H3. The monoisotopic (exact) mass is 248 g/mol. The summed E-state index contributed by atoms with van der Waals surface area (Å²) in [6.07, 6.45) is 0. The van der Waals surface area contributed by atoms with Crippen LogP contribution in [0.4, 0.5) is 5.13 Å². The van der Waals surface area contributed by atoms with Crippen LogP contribution in [0, 0.1) is 13.8 Å². The quantitative estimate of drug-likeness (QED) is 0.776. The summed E-state index contributed by atoms with van der Waals surface area (Å²) in [5.74, 6) is 0. The van der Waals surface area contributed by atoms with Crippen molar-refractivity contribution in [2.24, 2.45) is 0 Å².